The lowest BCUT2D eigenvalue weighted by atomic mass is 9.94. The lowest BCUT2D eigenvalue weighted by Gasteiger charge is -2.35. The van der Waals surface area contributed by atoms with E-state index in [1.165, 1.54) is 4.90 Å². The Morgan fingerprint density at radius 3 is 2.37 bits per heavy atom. The second kappa shape index (κ2) is 13.2. The minimum absolute atomic E-state index is 0.0265. The molecule has 1 aliphatic carbocycles. The van der Waals surface area contributed by atoms with Gasteiger partial charge in [0.25, 0.3) is 0 Å². The molecule has 0 heterocycles. The summed E-state index contributed by atoms with van der Waals surface area (Å²) in [5.41, 5.74) is 0.556. The Hall–Kier alpha value is -2.92. The predicted molar refractivity (Wildman–Crippen MR) is 141 cm³/mol. The number of amides is 3. The van der Waals surface area contributed by atoms with Crippen LogP contribution in [0.15, 0.2) is 36.9 Å². The van der Waals surface area contributed by atoms with Gasteiger partial charge in [-0.15, -0.1) is 13.0 Å². The van der Waals surface area contributed by atoms with Crippen molar-refractivity contribution in [1.29, 1.82) is 0 Å². The summed E-state index contributed by atoms with van der Waals surface area (Å²) in [7, 11) is 0. The van der Waals surface area contributed by atoms with Gasteiger partial charge < -0.3 is 20.3 Å². The van der Waals surface area contributed by atoms with E-state index in [1.54, 1.807) is 51.1 Å². The zero-order valence-electron chi connectivity index (χ0n) is 20.9. The van der Waals surface area contributed by atoms with Crippen LogP contribution < -0.4 is 10.6 Å². The fourth-order valence-corrected chi connectivity index (χ4v) is 4.31. The molecule has 3 amide bonds. The molecular formula is C27H37N3O4S. The Balaban J connectivity index is 2.37. The average Bonchev–Trinajstić information content (AvgIpc) is 2.81. The number of nitrogens with one attached hydrogen (secondary N) is 2. The smallest absolute Gasteiger partial charge is 0.408 e. The van der Waals surface area contributed by atoms with Crippen molar-refractivity contribution in [3.63, 3.8) is 0 Å². The van der Waals surface area contributed by atoms with Gasteiger partial charge in [0.05, 0.1) is 0 Å². The van der Waals surface area contributed by atoms with Gasteiger partial charge in [0, 0.05) is 23.9 Å². The molecule has 190 valence electrons. The van der Waals surface area contributed by atoms with E-state index in [9.17, 15) is 14.4 Å². The standard InChI is InChI=1S/C27H37N3O4S/c1-6-17-30(25(32)22(18-35)29-26(33)34-27(3,4)5)23(20-15-13-19(7-2)14-16-20)24(31)28-21-11-9-8-10-12-21/h2,6,13-16,21-23,35H,1,8-12,17-18H2,3-5H3,(H,28,31)(H,29,33). The number of thiol groups is 1. The zero-order chi connectivity index (χ0) is 26.0. The topological polar surface area (TPSA) is 87.7 Å². The van der Waals surface area contributed by atoms with Crippen LogP contribution in [-0.4, -0.2) is 52.8 Å². The summed E-state index contributed by atoms with van der Waals surface area (Å²) in [4.78, 5) is 41.0. The van der Waals surface area contributed by atoms with Gasteiger partial charge in [-0.3, -0.25) is 9.59 Å². The number of rotatable bonds is 9. The SMILES string of the molecule is C#Cc1ccc(C(C(=O)NC2CCCCC2)N(CC=C)C(=O)C(CS)NC(=O)OC(C)(C)C)cc1. The van der Waals surface area contributed by atoms with Crippen LogP contribution in [0.3, 0.4) is 0 Å². The van der Waals surface area contributed by atoms with Gasteiger partial charge in [-0.2, -0.15) is 12.6 Å². The zero-order valence-corrected chi connectivity index (χ0v) is 21.8. The van der Waals surface area contributed by atoms with Crippen LogP contribution in [0.25, 0.3) is 0 Å². The Morgan fingerprint density at radius 1 is 1.23 bits per heavy atom. The van der Waals surface area contributed by atoms with Gasteiger partial charge in [0.2, 0.25) is 11.8 Å². The van der Waals surface area contributed by atoms with Crippen molar-refractivity contribution in [1.82, 2.24) is 15.5 Å². The van der Waals surface area contributed by atoms with Crippen molar-refractivity contribution in [2.24, 2.45) is 0 Å². The Labute approximate surface area is 214 Å². The van der Waals surface area contributed by atoms with Gasteiger partial charge >= 0.3 is 6.09 Å². The first-order valence-corrected chi connectivity index (χ1v) is 12.6. The van der Waals surface area contributed by atoms with Crippen LogP contribution >= 0.6 is 12.6 Å². The molecule has 0 bridgehead atoms. The number of carbonyl (C=O) groups excluding carboxylic acids is 3. The number of nitrogens with zero attached hydrogens (tertiary/aromatic N) is 1. The molecule has 0 radical (unpaired) electrons. The maximum atomic E-state index is 13.6. The monoisotopic (exact) mass is 499 g/mol. The van der Waals surface area contributed by atoms with Crippen molar-refractivity contribution < 1.29 is 19.1 Å². The molecule has 35 heavy (non-hydrogen) atoms. The van der Waals surface area contributed by atoms with E-state index in [0.717, 1.165) is 32.1 Å². The maximum absolute atomic E-state index is 13.6. The number of hydrogen-bond acceptors (Lipinski definition) is 5. The highest BCUT2D eigenvalue weighted by atomic mass is 32.1. The van der Waals surface area contributed by atoms with Crippen LogP contribution in [0.1, 0.15) is 70.0 Å². The number of ether oxygens (including phenoxy) is 1. The first-order valence-electron chi connectivity index (χ1n) is 12.0. The van der Waals surface area contributed by atoms with E-state index in [4.69, 9.17) is 11.2 Å². The van der Waals surface area contributed by atoms with Gasteiger partial charge in [0.1, 0.15) is 17.7 Å². The normalized spacial score (nSPS) is 15.7. The van der Waals surface area contributed by atoms with Crippen molar-refractivity contribution in [3.05, 3.63) is 48.0 Å². The Morgan fingerprint density at radius 2 is 1.86 bits per heavy atom. The molecule has 8 heteroatoms. The van der Waals surface area contributed by atoms with Gasteiger partial charge in [-0.25, -0.2) is 4.79 Å². The van der Waals surface area contributed by atoms with E-state index in [0.29, 0.717) is 11.1 Å². The van der Waals surface area contributed by atoms with Crippen molar-refractivity contribution in [3.8, 4) is 12.3 Å². The highest BCUT2D eigenvalue weighted by Crippen LogP contribution is 2.25. The molecule has 2 unspecified atom stereocenters. The molecule has 2 rings (SSSR count). The highest BCUT2D eigenvalue weighted by molar-refractivity contribution is 7.80. The lowest BCUT2D eigenvalue weighted by molar-refractivity contribution is -0.141. The number of hydrogen-bond donors (Lipinski definition) is 3. The van der Waals surface area contributed by atoms with E-state index in [-0.39, 0.29) is 24.2 Å². The summed E-state index contributed by atoms with van der Waals surface area (Å²) in [5.74, 6) is 1.85. The Kier molecular flexibility index (Phi) is 10.7. The van der Waals surface area contributed by atoms with Crippen molar-refractivity contribution >= 4 is 30.5 Å². The molecule has 0 spiro atoms. The molecule has 1 aromatic carbocycles. The van der Waals surface area contributed by atoms with E-state index < -0.39 is 29.7 Å². The minimum atomic E-state index is -0.997. The van der Waals surface area contributed by atoms with E-state index >= 15 is 0 Å². The number of terminal acetylenes is 1. The largest absolute Gasteiger partial charge is 0.444 e. The fourth-order valence-electron chi connectivity index (χ4n) is 4.06. The summed E-state index contributed by atoms with van der Waals surface area (Å²) < 4.78 is 5.31. The fraction of sp³-hybridized carbons (Fsp3) is 0.519. The minimum Gasteiger partial charge on any atom is -0.444 e. The molecular weight excluding hydrogens is 462 g/mol. The summed E-state index contributed by atoms with van der Waals surface area (Å²) in [6, 6.07) is 5.11. The molecule has 0 aliphatic heterocycles. The molecule has 2 atom stereocenters. The third-order valence-electron chi connectivity index (χ3n) is 5.69. The molecule has 0 saturated heterocycles. The third kappa shape index (κ3) is 8.66. The lowest BCUT2D eigenvalue weighted by Crippen LogP contribution is -2.54. The average molecular weight is 500 g/mol. The van der Waals surface area contributed by atoms with Crippen molar-refractivity contribution in [2.45, 2.75) is 76.6 Å². The van der Waals surface area contributed by atoms with Crippen LogP contribution in [0.5, 0.6) is 0 Å². The first kappa shape index (κ1) is 28.3. The summed E-state index contributed by atoms with van der Waals surface area (Å²) in [5, 5.41) is 5.72. The quantitative estimate of drug-likeness (QED) is 0.272. The van der Waals surface area contributed by atoms with E-state index in [1.807, 2.05) is 0 Å². The number of benzene rings is 1. The summed E-state index contributed by atoms with van der Waals surface area (Å²) in [6.07, 6.45) is 11.4. The predicted octanol–water partition coefficient (Wildman–Crippen LogP) is 4.00. The van der Waals surface area contributed by atoms with Crippen LogP contribution in [0, 0.1) is 12.3 Å². The summed E-state index contributed by atoms with van der Waals surface area (Å²) >= 11 is 4.28. The second-order valence-corrected chi connectivity index (χ2v) is 10.0. The summed E-state index contributed by atoms with van der Waals surface area (Å²) in [6.45, 7) is 9.08. The van der Waals surface area contributed by atoms with Crippen LogP contribution in [-0.2, 0) is 14.3 Å². The molecule has 1 fully saturated rings. The second-order valence-electron chi connectivity index (χ2n) is 9.67. The van der Waals surface area contributed by atoms with Gasteiger partial charge in [-0.1, -0.05) is 43.4 Å². The maximum Gasteiger partial charge on any atom is 0.408 e. The molecule has 2 N–H and O–H groups in total. The van der Waals surface area contributed by atoms with E-state index in [2.05, 4.69) is 35.8 Å². The third-order valence-corrected chi connectivity index (χ3v) is 6.05. The van der Waals surface area contributed by atoms with Crippen LogP contribution in [0.2, 0.25) is 0 Å². The number of alkyl carbamates (subject to hydrolysis) is 1. The Bertz CT molecular complexity index is 927. The molecule has 0 aromatic heterocycles. The van der Waals surface area contributed by atoms with Gasteiger partial charge in [0.15, 0.2) is 0 Å². The highest BCUT2D eigenvalue weighted by Gasteiger charge is 2.36. The molecule has 1 saturated carbocycles. The van der Waals surface area contributed by atoms with Gasteiger partial charge in [-0.05, 0) is 51.3 Å². The molecule has 7 nitrogen and oxygen atoms in total. The number of carbonyl (C=O) groups is 3. The molecule has 1 aromatic rings. The first-order chi connectivity index (χ1) is 16.6. The van der Waals surface area contributed by atoms with Crippen molar-refractivity contribution in [2.75, 3.05) is 12.3 Å². The molecule has 1 aliphatic rings. The van der Waals surface area contributed by atoms with Crippen LogP contribution in [0.4, 0.5) is 4.79 Å².